The number of pyridine rings is 2. The minimum atomic E-state index is -0.637. The van der Waals surface area contributed by atoms with E-state index in [0.717, 1.165) is 37.8 Å². The van der Waals surface area contributed by atoms with Crippen LogP contribution in [-0.4, -0.2) is 49.2 Å². The number of rotatable bonds is 5. The van der Waals surface area contributed by atoms with Crippen molar-refractivity contribution in [3.63, 3.8) is 0 Å². The van der Waals surface area contributed by atoms with Crippen LogP contribution in [0.2, 0.25) is 0 Å². The highest BCUT2D eigenvalue weighted by Crippen LogP contribution is 2.20. The van der Waals surface area contributed by atoms with Gasteiger partial charge in [-0.05, 0) is 36.4 Å². The van der Waals surface area contributed by atoms with Crippen LogP contribution in [0.5, 0.6) is 5.75 Å². The van der Waals surface area contributed by atoms with E-state index in [1.165, 1.54) is 19.2 Å². The van der Waals surface area contributed by atoms with Gasteiger partial charge in [-0.1, -0.05) is 6.07 Å². The van der Waals surface area contributed by atoms with Gasteiger partial charge in [-0.15, -0.1) is 0 Å². The molecule has 1 N–H and O–H groups in total. The van der Waals surface area contributed by atoms with Crippen LogP contribution in [0, 0.1) is 5.82 Å². The highest BCUT2D eigenvalue weighted by Gasteiger charge is 2.19. The Morgan fingerprint density at radius 2 is 1.73 bits per heavy atom. The highest BCUT2D eigenvalue weighted by atomic mass is 19.1. The quantitative estimate of drug-likeness (QED) is 0.701. The molecule has 1 saturated heterocycles. The molecule has 2 aromatic heterocycles. The molecule has 0 radical (unpaired) electrons. The summed E-state index contributed by atoms with van der Waals surface area (Å²) in [5.74, 6) is 1.01. The Morgan fingerprint density at radius 1 is 1.00 bits per heavy atom. The number of aromatic nitrogens is 2. The van der Waals surface area contributed by atoms with Crippen molar-refractivity contribution in [3.05, 3.63) is 72.3 Å². The van der Waals surface area contributed by atoms with Crippen molar-refractivity contribution in [2.45, 2.75) is 0 Å². The Hall–Kier alpha value is -3.68. The molecule has 0 spiro atoms. The zero-order valence-corrected chi connectivity index (χ0v) is 16.6. The second-order valence-electron chi connectivity index (χ2n) is 6.87. The number of nitrogens with zero attached hydrogens (tertiary/aromatic N) is 4. The van der Waals surface area contributed by atoms with Gasteiger partial charge >= 0.3 is 0 Å². The highest BCUT2D eigenvalue weighted by molar-refractivity contribution is 6.04. The molecule has 8 heteroatoms. The Balaban J connectivity index is 1.36. The molecule has 3 aromatic rings. The van der Waals surface area contributed by atoms with Crippen molar-refractivity contribution in [3.8, 4) is 5.75 Å². The monoisotopic (exact) mass is 407 g/mol. The number of hydrogen-bond acceptors (Lipinski definition) is 6. The first-order chi connectivity index (χ1) is 14.6. The van der Waals surface area contributed by atoms with E-state index >= 15 is 0 Å². The summed E-state index contributed by atoms with van der Waals surface area (Å²) in [4.78, 5) is 25.6. The van der Waals surface area contributed by atoms with Crippen LogP contribution in [0.1, 0.15) is 10.4 Å². The summed E-state index contributed by atoms with van der Waals surface area (Å²) in [6.45, 7) is 3.36. The van der Waals surface area contributed by atoms with Crippen LogP contribution in [0.4, 0.5) is 21.7 Å². The van der Waals surface area contributed by atoms with Gasteiger partial charge in [0.2, 0.25) is 0 Å². The second kappa shape index (κ2) is 8.77. The van der Waals surface area contributed by atoms with Crippen LogP contribution < -0.4 is 19.9 Å². The minimum absolute atomic E-state index is 0.0504. The number of carbonyl (C=O) groups excluding carboxylic acids is 1. The molecule has 0 saturated carbocycles. The lowest BCUT2D eigenvalue weighted by molar-refractivity contribution is 0.102. The summed E-state index contributed by atoms with van der Waals surface area (Å²) in [5, 5.41) is 2.68. The van der Waals surface area contributed by atoms with Crippen LogP contribution in [0.25, 0.3) is 0 Å². The van der Waals surface area contributed by atoms with E-state index in [-0.39, 0.29) is 5.56 Å². The fourth-order valence-corrected chi connectivity index (χ4v) is 3.36. The van der Waals surface area contributed by atoms with Gasteiger partial charge in [0, 0.05) is 38.4 Å². The molecule has 154 valence electrons. The molecule has 1 aliphatic heterocycles. The lowest BCUT2D eigenvalue weighted by Gasteiger charge is -2.36. The first-order valence-corrected chi connectivity index (χ1v) is 9.66. The van der Waals surface area contributed by atoms with Gasteiger partial charge in [-0.2, -0.15) is 0 Å². The fourth-order valence-electron chi connectivity index (χ4n) is 3.36. The van der Waals surface area contributed by atoms with E-state index in [0.29, 0.717) is 11.4 Å². The fraction of sp³-hybridized carbons (Fsp3) is 0.227. The maximum absolute atomic E-state index is 14.1. The molecule has 1 aromatic carbocycles. The van der Waals surface area contributed by atoms with Gasteiger partial charge in [0.15, 0.2) is 0 Å². The summed E-state index contributed by atoms with van der Waals surface area (Å²) in [7, 11) is 1.44. The van der Waals surface area contributed by atoms with E-state index in [1.807, 2.05) is 24.3 Å². The molecule has 7 nitrogen and oxygen atoms in total. The normalized spacial score (nSPS) is 13.8. The largest absolute Gasteiger partial charge is 0.497 e. The first kappa shape index (κ1) is 19.6. The molecule has 3 heterocycles. The summed E-state index contributed by atoms with van der Waals surface area (Å²) in [6.07, 6.45) is 3.38. The molecule has 1 aliphatic rings. The molecule has 4 rings (SSSR count). The van der Waals surface area contributed by atoms with E-state index in [4.69, 9.17) is 4.74 Å². The van der Waals surface area contributed by atoms with Crippen LogP contribution >= 0.6 is 0 Å². The average molecular weight is 407 g/mol. The number of benzene rings is 1. The van der Waals surface area contributed by atoms with E-state index in [9.17, 15) is 9.18 Å². The van der Waals surface area contributed by atoms with Crippen molar-refractivity contribution in [2.24, 2.45) is 0 Å². The number of amides is 1. The molecule has 1 amide bonds. The minimum Gasteiger partial charge on any atom is -0.497 e. The predicted molar refractivity (Wildman–Crippen MR) is 114 cm³/mol. The number of carbonyl (C=O) groups is 1. The Bertz CT molecular complexity index is 1010. The topological polar surface area (TPSA) is 70.6 Å². The summed E-state index contributed by atoms with van der Waals surface area (Å²) >= 11 is 0. The number of methoxy groups -OCH3 is 1. The number of nitrogens with one attached hydrogen (secondary N) is 1. The Labute approximate surface area is 174 Å². The number of halogens is 1. The third-order valence-corrected chi connectivity index (χ3v) is 5.00. The Kier molecular flexibility index (Phi) is 5.74. The van der Waals surface area contributed by atoms with Crippen LogP contribution in [-0.2, 0) is 0 Å². The molecule has 1 fully saturated rings. The maximum Gasteiger partial charge on any atom is 0.258 e. The third-order valence-electron chi connectivity index (χ3n) is 5.00. The van der Waals surface area contributed by atoms with Crippen LogP contribution in [0.3, 0.4) is 0 Å². The summed E-state index contributed by atoms with van der Waals surface area (Å²) in [6, 6.07) is 13.7. The number of anilines is 3. The van der Waals surface area contributed by atoms with E-state index in [2.05, 4.69) is 25.1 Å². The molecular weight excluding hydrogens is 385 g/mol. The van der Waals surface area contributed by atoms with Gasteiger partial charge in [0.05, 0.1) is 24.6 Å². The van der Waals surface area contributed by atoms with Crippen molar-refractivity contribution in [2.75, 3.05) is 48.4 Å². The predicted octanol–water partition coefficient (Wildman–Crippen LogP) is 3.20. The van der Waals surface area contributed by atoms with Gasteiger partial charge in [-0.25, -0.2) is 14.4 Å². The van der Waals surface area contributed by atoms with Crippen LogP contribution in [0.15, 0.2) is 60.9 Å². The molecule has 0 unspecified atom stereocenters. The zero-order valence-electron chi connectivity index (χ0n) is 16.6. The first-order valence-electron chi connectivity index (χ1n) is 9.66. The molecule has 0 atom stereocenters. The Morgan fingerprint density at radius 3 is 2.30 bits per heavy atom. The maximum atomic E-state index is 14.1. The van der Waals surface area contributed by atoms with E-state index < -0.39 is 11.7 Å². The lowest BCUT2D eigenvalue weighted by Crippen LogP contribution is -2.47. The number of piperazine rings is 1. The smallest absolute Gasteiger partial charge is 0.258 e. The van der Waals surface area contributed by atoms with Crippen molar-refractivity contribution in [1.29, 1.82) is 0 Å². The van der Waals surface area contributed by atoms with Gasteiger partial charge in [0.25, 0.3) is 5.91 Å². The second-order valence-corrected chi connectivity index (χ2v) is 6.87. The molecular formula is C22H22FN5O2. The van der Waals surface area contributed by atoms with Crippen molar-refractivity contribution < 1.29 is 13.9 Å². The number of hydrogen-bond donors (Lipinski definition) is 1. The summed E-state index contributed by atoms with van der Waals surface area (Å²) < 4.78 is 19.0. The van der Waals surface area contributed by atoms with Crippen molar-refractivity contribution in [1.82, 2.24) is 9.97 Å². The SMILES string of the molecule is COc1ccc(C(=O)Nc2ccc(N3CCN(c4ccccn4)CC3)nc2)c(F)c1. The molecule has 30 heavy (non-hydrogen) atoms. The van der Waals surface area contributed by atoms with Gasteiger partial charge in [-0.3, -0.25) is 4.79 Å². The van der Waals surface area contributed by atoms with Crippen molar-refractivity contribution >= 4 is 23.2 Å². The molecule has 0 aliphatic carbocycles. The molecule has 0 bridgehead atoms. The lowest BCUT2D eigenvalue weighted by atomic mass is 10.2. The van der Waals surface area contributed by atoms with E-state index in [1.54, 1.807) is 24.5 Å². The number of ether oxygens (including phenoxy) is 1. The van der Waals surface area contributed by atoms with Gasteiger partial charge in [0.1, 0.15) is 23.2 Å². The standard InChI is InChI=1S/C22H22FN5O2/c1-30-17-6-7-18(19(23)14-17)22(29)26-16-5-8-21(25-15-16)28-12-10-27(11-13-28)20-4-2-3-9-24-20/h2-9,14-15H,10-13H2,1H3,(H,26,29). The summed E-state index contributed by atoms with van der Waals surface area (Å²) in [5.41, 5.74) is 0.455. The third kappa shape index (κ3) is 4.32. The zero-order chi connectivity index (χ0) is 20.9. The average Bonchev–Trinajstić information content (AvgIpc) is 2.80. The van der Waals surface area contributed by atoms with Gasteiger partial charge < -0.3 is 19.9 Å².